The number of ether oxygens (including phenoxy) is 4. The third-order valence-electron chi connectivity index (χ3n) is 10.9. The smallest absolute Gasteiger partial charge is 0.341 e. The summed E-state index contributed by atoms with van der Waals surface area (Å²) in [6.07, 6.45) is 2.17. The highest BCUT2D eigenvalue weighted by Gasteiger charge is 2.29. The Balaban J connectivity index is 1.98. The molecule has 0 radical (unpaired) electrons. The number of hydrogen-bond donors (Lipinski definition) is 1. The Morgan fingerprint density at radius 3 is 0.800 bits per heavy atom. The van der Waals surface area contributed by atoms with Crippen molar-refractivity contribution in [3.63, 3.8) is 0 Å². The van der Waals surface area contributed by atoms with Crippen molar-refractivity contribution in [2.75, 3.05) is 27.9 Å². The number of rotatable bonds is 6. The third kappa shape index (κ3) is 9.17. The summed E-state index contributed by atoms with van der Waals surface area (Å²) < 4.78 is 25.4. The summed E-state index contributed by atoms with van der Waals surface area (Å²) in [6, 6.07) is 18.1. The van der Waals surface area contributed by atoms with Gasteiger partial charge in [0.05, 0.1) is 21.3 Å². The van der Waals surface area contributed by atoms with Gasteiger partial charge in [-0.3, -0.25) is 0 Å². The summed E-state index contributed by atoms with van der Waals surface area (Å²) in [6.45, 7) is 26.4. The van der Waals surface area contributed by atoms with Crippen molar-refractivity contribution in [2.45, 2.75) is 130 Å². The highest BCUT2D eigenvalue weighted by Crippen LogP contribution is 2.44. The average molecular weight is 749 g/mol. The van der Waals surface area contributed by atoms with Gasteiger partial charge in [-0.25, -0.2) is 4.79 Å². The molecular formula is C49H64O6. The fourth-order valence-electron chi connectivity index (χ4n) is 7.73. The van der Waals surface area contributed by atoms with Crippen LogP contribution in [0.25, 0.3) is 0 Å². The molecule has 0 spiro atoms. The van der Waals surface area contributed by atoms with Gasteiger partial charge in [-0.15, -0.1) is 0 Å². The van der Waals surface area contributed by atoms with Crippen LogP contribution in [-0.4, -0.2) is 39.0 Å². The Kier molecular flexibility index (Phi) is 11.6. The van der Waals surface area contributed by atoms with E-state index in [1.54, 1.807) is 21.3 Å². The predicted octanol–water partition coefficient (Wildman–Crippen LogP) is 11.0. The van der Waals surface area contributed by atoms with Crippen molar-refractivity contribution < 1.29 is 28.8 Å². The van der Waals surface area contributed by atoms with Crippen LogP contribution in [0.1, 0.15) is 150 Å². The van der Waals surface area contributed by atoms with Crippen molar-refractivity contribution >= 4 is 5.97 Å². The molecule has 55 heavy (non-hydrogen) atoms. The Hall–Kier alpha value is -4.45. The summed E-state index contributed by atoms with van der Waals surface area (Å²) in [5.74, 6) is 2.09. The number of carboxylic acids is 1. The molecule has 6 heteroatoms. The minimum absolute atomic E-state index is 0.110. The molecule has 1 aliphatic carbocycles. The van der Waals surface area contributed by atoms with Gasteiger partial charge in [-0.05, 0) is 88.4 Å². The topological polar surface area (TPSA) is 74.2 Å². The van der Waals surface area contributed by atoms with E-state index in [2.05, 4.69) is 132 Å². The molecule has 0 unspecified atom stereocenters. The molecule has 0 saturated carbocycles. The van der Waals surface area contributed by atoms with E-state index in [4.69, 9.17) is 18.9 Å². The van der Waals surface area contributed by atoms with Crippen molar-refractivity contribution in [3.8, 4) is 23.0 Å². The maximum absolute atomic E-state index is 12.1. The number of benzene rings is 4. The lowest BCUT2D eigenvalue weighted by molar-refractivity contribution is -0.139. The Bertz CT molecular complexity index is 1960. The molecule has 0 aliphatic heterocycles. The second-order valence-electron chi connectivity index (χ2n) is 19.5. The summed E-state index contributed by atoms with van der Waals surface area (Å²) in [4.78, 5) is 12.1. The van der Waals surface area contributed by atoms with Crippen LogP contribution in [0.4, 0.5) is 0 Å². The molecule has 296 valence electrons. The fraction of sp³-hybridized carbons (Fsp3) is 0.490. The van der Waals surface area contributed by atoms with Crippen LogP contribution in [0.3, 0.4) is 0 Å². The van der Waals surface area contributed by atoms with E-state index in [1.165, 1.54) is 16.7 Å². The summed E-state index contributed by atoms with van der Waals surface area (Å²) in [5, 5.41) is 9.91. The van der Waals surface area contributed by atoms with Gasteiger partial charge in [0.1, 0.15) is 23.0 Å². The molecule has 0 atom stereocenters. The first-order valence-corrected chi connectivity index (χ1v) is 19.6. The Morgan fingerprint density at radius 2 is 0.636 bits per heavy atom. The van der Waals surface area contributed by atoms with Crippen LogP contribution in [0.5, 0.6) is 23.0 Å². The van der Waals surface area contributed by atoms with Gasteiger partial charge in [-0.2, -0.15) is 0 Å². The van der Waals surface area contributed by atoms with Crippen LogP contribution >= 0.6 is 0 Å². The maximum Gasteiger partial charge on any atom is 0.341 e. The molecule has 1 N–H and O–H groups in total. The first kappa shape index (κ1) is 41.7. The number of aliphatic carboxylic acids is 1. The molecule has 0 saturated heterocycles. The quantitative estimate of drug-likeness (QED) is 0.186. The van der Waals surface area contributed by atoms with Gasteiger partial charge in [0.15, 0.2) is 6.61 Å². The normalized spacial score (nSPS) is 13.7. The second kappa shape index (κ2) is 15.2. The molecule has 0 aromatic heterocycles. The van der Waals surface area contributed by atoms with Gasteiger partial charge in [0, 0.05) is 25.7 Å². The third-order valence-corrected chi connectivity index (χ3v) is 10.9. The van der Waals surface area contributed by atoms with E-state index >= 15 is 0 Å². The van der Waals surface area contributed by atoms with Crippen molar-refractivity contribution in [2.24, 2.45) is 0 Å². The number of hydrogen-bond acceptors (Lipinski definition) is 5. The molecule has 0 heterocycles. The van der Waals surface area contributed by atoms with Crippen molar-refractivity contribution in [1.82, 2.24) is 0 Å². The van der Waals surface area contributed by atoms with Gasteiger partial charge in [-0.1, -0.05) is 132 Å². The molecular weight excluding hydrogens is 685 g/mol. The van der Waals surface area contributed by atoms with Crippen LogP contribution in [0.15, 0.2) is 48.5 Å². The monoisotopic (exact) mass is 748 g/mol. The summed E-state index contributed by atoms with van der Waals surface area (Å²) in [7, 11) is 5.27. The largest absolute Gasteiger partial charge is 0.496 e. The van der Waals surface area contributed by atoms with E-state index in [-0.39, 0.29) is 21.7 Å². The van der Waals surface area contributed by atoms with Gasteiger partial charge >= 0.3 is 5.97 Å². The lowest BCUT2D eigenvalue weighted by atomic mass is 9.79. The summed E-state index contributed by atoms with van der Waals surface area (Å²) >= 11 is 0. The van der Waals surface area contributed by atoms with Crippen LogP contribution in [0, 0.1) is 0 Å². The van der Waals surface area contributed by atoms with Gasteiger partial charge in [0.2, 0.25) is 0 Å². The van der Waals surface area contributed by atoms with Crippen molar-refractivity contribution in [1.29, 1.82) is 0 Å². The zero-order chi connectivity index (χ0) is 40.8. The first-order valence-electron chi connectivity index (χ1n) is 19.6. The van der Waals surface area contributed by atoms with Crippen LogP contribution < -0.4 is 18.9 Å². The van der Waals surface area contributed by atoms with E-state index in [9.17, 15) is 9.90 Å². The van der Waals surface area contributed by atoms with E-state index in [0.29, 0.717) is 31.4 Å². The minimum Gasteiger partial charge on any atom is -0.496 e. The standard InChI is InChI=1S/C49H64O6/c1-46(2,3)37-20-29-16-31-22-38(47(4,5)6)24-33(43(31)53-14)18-35-26-40(49(10,11)12)27-36(45(35)55-28-41(50)51)19-34-25-39(48(7,8)9)23-32(44(34)54-15)17-30(21-37)42(29)52-13/h20-27H,16-19,28H2,1-15H3,(H,50,51). The minimum atomic E-state index is -1.02. The lowest BCUT2D eigenvalue weighted by Gasteiger charge is -2.28. The fourth-order valence-corrected chi connectivity index (χ4v) is 7.73. The highest BCUT2D eigenvalue weighted by atomic mass is 16.5. The van der Waals surface area contributed by atoms with E-state index in [1.807, 2.05) is 0 Å². The molecule has 5 rings (SSSR count). The Morgan fingerprint density at radius 1 is 0.436 bits per heavy atom. The average Bonchev–Trinajstić information content (AvgIpc) is 3.05. The molecule has 4 aromatic carbocycles. The molecule has 0 fully saturated rings. The molecule has 6 nitrogen and oxygen atoms in total. The predicted molar refractivity (Wildman–Crippen MR) is 225 cm³/mol. The zero-order valence-electron chi connectivity index (χ0n) is 36.1. The number of methoxy groups -OCH3 is 3. The van der Waals surface area contributed by atoms with Gasteiger partial charge in [0.25, 0.3) is 0 Å². The molecule has 8 bridgehead atoms. The Labute approximate surface area is 330 Å². The lowest BCUT2D eigenvalue weighted by Crippen LogP contribution is -2.18. The molecule has 0 amide bonds. The number of fused-ring (bicyclic) bond motifs is 8. The zero-order valence-corrected chi connectivity index (χ0v) is 36.1. The van der Waals surface area contributed by atoms with Crippen LogP contribution in [0.2, 0.25) is 0 Å². The SMILES string of the molecule is COc1c2cc(C(C)(C)C)cc1Cc1cc(C(C)(C)C)cc(c1OC)Cc1cc(C(C)(C)C)cc(c1OCC(=O)O)Cc1cc(C(C)(C)C)cc(c1OC)C2. The maximum atomic E-state index is 12.1. The summed E-state index contributed by atoms with van der Waals surface area (Å²) in [5.41, 5.74) is 12.4. The first-order chi connectivity index (χ1) is 25.4. The number of carboxylic acid groups (broad SMARTS) is 1. The van der Waals surface area contributed by atoms with Gasteiger partial charge < -0.3 is 24.1 Å². The molecule has 4 aromatic rings. The highest BCUT2D eigenvalue weighted by molar-refractivity contribution is 5.69. The number of carbonyl (C=O) groups is 1. The molecule has 1 aliphatic rings. The van der Waals surface area contributed by atoms with E-state index < -0.39 is 12.6 Å². The second-order valence-corrected chi connectivity index (χ2v) is 19.5. The van der Waals surface area contributed by atoms with Crippen molar-refractivity contribution in [3.05, 3.63) is 115 Å². The van der Waals surface area contributed by atoms with Crippen LogP contribution in [-0.2, 0) is 52.1 Å². The van der Waals surface area contributed by atoms with E-state index in [0.717, 1.165) is 67.3 Å².